The van der Waals surface area contributed by atoms with Crippen molar-refractivity contribution in [2.24, 2.45) is 0 Å². The number of carbonyl (C=O) groups is 1. The zero-order valence-corrected chi connectivity index (χ0v) is 12.3. The number of aromatic nitrogens is 1. The first-order valence-corrected chi connectivity index (χ1v) is 6.54. The number of furan rings is 1. The van der Waals surface area contributed by atoms with Gasteiger partial charge in [-0.3, -0.25) is 0 Å². The van der Waals surface area contributed by atoms with Gasteiger partial charge < -0.3 is 19.2 Å². The number of nitrogens with zero attached hydrogens (tertiary/aromatic N) is 1. The zero-order chi connectivity index (χ0) is 15.2. The van der Waals surface area contributed by atoms with Crippen LogP contribution >= 0.6 is 0 Å². The number of hydrogen-bond donors (Lipinski definition) is 1. The minimum Gasteiger partial charge on any atom is -0.481 e. The van der Waals surface area contributed by atoms with Crippen molar-refractivity contribution in [1.29, 1.82) is 0 Å². The van der Waals surface area contributed by atoms with Gasteiger partial charge in [0.15, 0.2) is 0 Å². The largest absolute Gasteiger partial charge is 0.481 e. The van der Waals surface area contributed by atoms with Crippen molar-refractivity contribution in [3.8, 4) is 5.88 Å². The van der Waals surface area contributed by atoms with E-state index in [9.17, 15) is 4.79 Å². The maximum atomic E-state index is 11.3. The second kappa shape index (κ2) is 6.90. The first kappa shape index (κ1) is 15.1. The molecule has 0 aliphatic heterocycles. The summed E-state index contributed by atoms with van der Waals surface area (Å²) in [6, 6.07) is 7.08. The summed E-state index contributed by atoms with van der Waals surface area (Å²) in [5, 5.41) is 3.30. The zero-order valence-electron chi connectivity index (χ0n) is 12.3. The van der Waals surface area contributed by atoms with Crippen LogP contribution in [0, 0.1) is 0 Å². The molecule has 0 fully saturated rings. The molecule has 2 heterocycles. The predicted octanol–water partition coefficient (Wildman–Crippen LogP) is 2.32. The number of rotatable bonds is 6. The van der Waals surface area contributed by atoms with Crippen molar-refractivity contribution in [2.45, 2.75) is 19.5 Å². The van der Waals surface area contributed by atoms with Crippen LogP contribution in [0.2, 0.25) is 0 Å². The molecule has 6 nitrogen and oxygen atoms in total. The molecule has 0 radical (unpaired) electrons. The molecular weight excluding hydrogens is 272 g/mol. The molecule has 2 aromatic rings. The Hall–Kier alpha value is -2.34. The van der Waals surface area contributed by atoms with Gasteiger partial charge in [-0.1, -0.05) is 6.07 Å². The maximum Gasteiger partial charge on any atom is 0.373 e. The average Bonchev–Trinajstić information content (AvgIpc) is 3.02. The summed E-state index contributed by atoms with van der Waals surface area (Å²) in [4.78, 5) is 15.5. The number of pyridine rings is 1. The molecule has 0 saturated heterocycles. The van der Waals surface area contributed by atoms with Gasteiger partial charge in [0.25, 0.3) is 0 Å². The first-order valence-electron chi connectivity index (χ1n) is 6.54. The number of nitrogens with one attached hydrogen (secondary N) is 1. The van der Waals surface area contributed by atoms with Crippen molar-refractivity contribution in [3.05, 3.63) is 47.5 Å². The highest BCUT2D eigenvalue weighted by atomic mass is 16.5. The lowest BCUT2D eigenvalue weighted by Crippen LogP contribution is -2.17. The monoisotopic (exact) mass is 290 g/mol. The van der Waals surface area contributed by atoms with E-state index in [-0.39, 0.29) is 11.8 Å². The van der Waals surface area contributed by atoms with E-state index in [1.54, 1.807) is 25.4 Å². The summed E-state index contributed by atoms with van der Waals surface area (Å²) in [6.07, 6.45) is 1.75. The van der Waals surface area contributed by atoms with Crippen LogP contribution in [0.4, 0.5) is 0 Å². The predicted molar refractivity (Wildman–Crippen MR) is 76.1 cm³/mol. The second-order valence-corrected chi connectivity index (χ2v) is 4.50. The maximum absolute atomic E-state index is 11.3. The summed E-state index contributed by atoms with van der Waals surface area (Å²) in [5.74, 6) is 0.984. The first-order chi connectivity index (χ1) is 10.1. The van der Waals surface area contributed by atoms with Crippen LogP contribution in [0.25, 0.3) is 0 Å². The molecule has 0 saturated carbocycles. The van der Waals surface area contributed by atoms with Crippen molar-refractivity contribution < 1.29 is 18.7 Å². The molecule has 1 unspecified atom stereocenters. The van der Waals surface area contributed by atoms with E-state index >= 15 is 0 Å². The van der Waals surface area contributed by atoms with E-state index < -0.39 is 5.97 Å². The number of methoxy groups -OCH3 is 2. The van der Waals surface area contributed by atoms with Gasteiger partial charge in [0, 0.05) is 18.8 Å². The quantitative estimate of drug-likeness (QED) is 0.823. The molecule has 1 N–H and O–H groups in total. The minimum absolute atomic E-state index is 0.0366. The van der Waals surface area contributed by atoms with Gasteiger partial charge in [-0.25, -0.2) is 9.78 Å². The van der Waals surface area contributed by atoms with Gasteiger partial charge in [-0.05, 0) is 24.6 Å². The van der Waals surface area contributed by atoms with E-state index in [2.05, 4.69) is 15.0 Å². The van der Waals surface area contributed by atoms with E-state index in [0.29, 0.717) is 18.2 Å². The van der Waals surface area contributed by atoms with Crippen molar-refractivity contribution in [3.63, 3.8) is 0 Å². The lowest BCUT2D eigenvalue weighted by atomic mass is 10.2. The van der Waals surface area contributed by atoms with Crippen LogP contribution in [0.1, 0.15) is 34.8 Å². The van der Waals surface area contributed by atoms with Gasteiger partial charge in [-0.2, -0.15) is 0 Å². The number of hydrogen-bond acceptors (Lipinski definition) is 6. The standard InChI is InChI=1S/C15H18N2O4/c1-10(12-5-6-13(21-12)15(18)20-3)16-8-11-4-7-14(19-2)17-9-11/h4-7,9-10,16H,8H2,1-3H3. The molecule has 0 aliphatic carbocycles. The lowest BCUT2D eigenvalue weighted by molar-refractivity contribution is 0.0562. The van der Waals surface area contributed by atoms with Gasteiger partial charge in [0.2, 0.25) is 11.6 Å². The van der Waals surface area contributed by atoms with Crippen LogP contribution in [0.3, 0.4) is 0 Å². The van der Waals surface area contributed by atoms with Gasteiger partial charge in [0.05, 0.1) is 20.3 Å². The van der Waals surface area contributed by atoms with E-state index in [1.807, 2.05) is 19.1 Å². The molecule has 0 amide bonds. The summed E-state index contributed by atoms with van der Waals surface area (Å²) < 4.78 is 15.1. The molecule has 0 aromatic carbocycles. The fraction of sp³-hybridized carbons (Fsp3) is 0.333. The summed E-state index contributed by atoms with van der Waals surface area (Å²) in [7, 11) is 2.90. The molecule has 112 valence electrons. The lowest BCUT2D eigenvalue weighted by Gasteiger charge is -2.11. The van der Waals surface area contributed by atoms with Gasteiger partial charge in [-0.15, -0.1) is 0 Å². The van der Waals surface area contributed by atoms with Crippen LogP contribution in [-0.4, -0.2) is 25.2 Å². The van der Waals surface area contributed by atoms with Crippen LogP contribution in [0.15, 0.2) is 34.9 Å². The normalized spacial score (nSPS) is 12.0. The second-order valence-electron chi connectivity index (χ2n) is 4.50. The summed E-state index contributed by atoms with van der Waals surface area (Å²) >= 11 is 0. The third-order valence-electron chi connectivity index (χ3n) is 3.06. The topological polar surface area (TPSA) is 73.6 Å². The molecule has 0 aliphatic rings. The van der Waals surface area contributed by atoms with Crippen LogP contribution in [0.5, 0.6) is 5.88 Å². The van der Waals surface area contributed by atoms with Crippen molar-refractivity contribution in [2.75, 3.05) is 14.2 Å². The van der Waals surface area contributed by atoms with Gasteiger partial charge in [0.1, 0.15) is 5.76 Å². The third-order valence-corrected chi connectivity index (χ3v) is 3.06. The van der Waals surface area contributed by atoms with Crippen molar-refractivity contribution in [1.82, 2.24) is 10.3 Å². The SMILES string of the molecule is COC(=O)c1ccc(C(C)NCc2ccc(OC)nc2)o1. The smallest absolute Gasteiger partial charge is 0.373 e. The Morgan fingerprint density at radius 3 is 2.76 bits per heavy atom. The highest BCUT2D eigenvalue weighted by Gasteiger charge is 2.15. The highest BCUT2D eigenvalue weighted by Crippen LogP contribution is 2.17. The Balaban J connectivity index is 1.93. The Kier molecular flexibility index (Phi) is 4.94. The minimum atomic E-state index is -0.479. The molecular formula is C15H18N2O4. The number of esters is 1. The molecule has 6 heteroatoms. The Bertz CT molecular complexity index is 592. The Morgan fingerprint density at radius 2 is 2.14 bits per heavy atom. The highest BCUT2D eigenvalue weighted by molar-refractivity contribution is 5.86. The van der Waals surface area contributed by atoms with Crippen molar-refractivity contribution >= 4 is 5.97 Å². The van der Waals surface area contributed by atoms with E-state index in [4.69, 9.17) is 9.15 Å². The molecule has 2 rings (SSSR count). The number of carbonyl (C=O) groups excluding carboxylic acids is 1. The number of ether oxygens (including phenoxy) is 2. The fourth-order valence-corrected chi connectivity index (χ4v) is 1.80. The average molecular weight is 290 g/mol. The third kappa shape index (κ3) is 3.82. The van der Waals surface area contributed by atoms with E-state index in [1.165, 1.54) is 7.11 Å². The van der Waals surface area contributed by atoms with Crippen LogP contribution < -0.4 is 10.1 Å². The Labute approximate surface area is 123 Å². The van der Waals surface area contributed by atoms with Crippen LogP contribution in [-0.2, 0) is 11.3 Å². The molecule has 0 spiro atoms. The Morgan fingerprint density at radius 1 is 1.33 bits per heavy atom. The van der Waals surface area contributed by atoms with E-state index in [0.717, 1.165) is 5.56 Å². The molecule has 1 atom stereocenters. The molecule has 2 aromatic heterocycles. The summed E-state index contributed by atoms with van der Waals surface area (Å²) in [6.45, 7) is 2.59. The molecule has 21 heavy (non-hydrogen) atoms. The summed E-state index contributed by atoms with van der Waals surface area (Å²) in [5.41, 5.74) is 1.03. The van der Waals surface area contributed by atoms with Gasteiger partial charge >= 0.3 is 5.97 Å². The molecule has 0 bridgehead atoms. The fourth-order valence-electron chi connectivity index (χ4n) is 1.80.